The fraction of sp³-hybridized carbons (Fsp3) is 0.917. The van der Waals surface area contributed by atoms with Gasteiger partial charge in [0.1, 0.15) is 6.10 Å². The van der Waals surface area contributed by atoms with E-state index in [1.54, 1.807) is 0 Å². The number of alkyl halides is 1. The van der Waals surface area contributed by atoms with Crippen molar-refractivity contribution >= 4 is 28.6 Å². The molecule has 82 valence electrons. The first-order valence-corrected chi connectivity index (χ1v) is 7.29. The van der Waals surface area contributed by atoms with Crippen molar-refractivity contribution in [2.45, 2.75) is 48.6 Å². The lowest BCUT2D eigenvalue weighted by Gasteiger charge is -2.40. The first-order chi connectivity index (χ1) is 7.20. The lowest BCUT2D eigenvalue weighted by molar-refractivity contribution is -0.157. The predicted molar refractivity (Wildman–Crippen MR) is 63.7 cm³/mol. The lowest BCUT2D eigenvalue weighted by Crippen LogP contribution is -2.40. The molecule has 0 amide bonds. The highest BCUT2D eigenvalue weighted by Gasteiger charge is 2.83. The van der Waals surface area contributed by atoms with Crippen molar-refractivity contribution in [2.24, 2.45) is 16.7 Å². The summed E-state index contributed by atoms with van der Waals surface area (Å²) in [5, 5.41) is 0. The average molecular weight is 318 g/mol. The molecule has 3 aliphatic carbocycles. The normalized spacial score (nSPS) is 60.6. The summed E-state index contributed by atoms with van der Waals surface area (Å²) in [5.74, 6) is 0.441. The number of carbonyl (C=O) groups excluding carboxylic acids is 1. The van der Waals surface area contributed by atoms with E-state index >= 15 is 0 Å². The number of hydrogen-bond acceptors (Lipinski definition) is 2. The summed E-state index contributed by atoms with van der Waals surface area (Å²) in [7, 11) is 0. The minimum Gasteiger partial charge on any atom is -0.461 e. The van der Waals surface area contributed by atoms with Crippen LogP contribution in [0.15, 0.2) is 0 Å². The number of hydrogen-bond donors (Lipinski definition) is 0. The number of rotatable bonds is 0. The second kappa shape index (κ2) is 2.54. The molecule has 5 atom stereocenters. The minimum atomic E-state index is 0.146. The van der Waals surface area contributed by atoms with Gasteiger partial charge in [0.25, 0.3) is 0 Å². The molecule has 3 heteroatoms. The van der Waals surface area contributed by atoms with Crippen molar-refractivity contribution in [3.8, 4) is 0 Å². The summed E-state index contributed by atoms with van der Waals surface area (Å²) >= 11 is 2.50. The molecule has 15 heavy (non-hydrogen) atoms. The van der Waals surface area contributed by atoms with Crippen LogP contribution in [0.4, 0.5) is 0 Å². The Morgan fingerprint density at radius 3 is 2.60 bits per heavy atom. The molecule has 0 aromatic heterocycles. The Kier molecular flexibility index (Phi) is 1.57. The van der Waals surface area contributed by atoms with Gasteiger partial charge in [0.05, 0.1) is 5.92 Å². The molecule has 4 rings (SSSR count). The number of esters is 1. The molecule has 2 bridgehead atoms. The first kappa shape index (κ1) is 9.25. The Hall–Kier alpha value is 0.200. The van der Waals surface area contributed by atoms with Gasteiger partial charge in [-0.3, -0.25) is 4.79 Å². The maximum Gasteiger partial charge on any atom is 0.310 e. The van der Waals surface area contributed by atoms with Crippen molar-refractivity contribution in [3.63, 3.8) is 0 Å². The Bertz CT molecular complexity index is 356. The van der Waals surface area contributed by atoms with Crippen molar-refractivity contribution < 1.29 is 9.53 Å². The largest absolute Gasteiger partial charge is 0.461 e. The van der Waals surface area contributed by atoms with E-state index in [-0.39, 0.29) is 12.1 Å². The predicted octanol–water partition coefficient (Wildman–Crippen LogP) is 2.69. The zero-order valence-electron chi connectivity index (χ0n) is 8.67. The van der Waals surface area contributed by atoms with E-state index in [1.165, 1.54) is 38.5 Å². The summed E-state index contributed by atoms with van der Waals surface area (Å²) in [6.45, 7) is 0. The molecule has 1 spiro atoms. The summed E-state index contributed by atoms with van der Waals surface area (Å²) in [6.07, 6.45) is 7.92. The summed E-state index contributed by atoms with van der Waals surface area (Å²) in [6, 6.07) is 0. The number of halogens is 1. The van der Waals surface area contributed by atoms with Crippen LogP contribution in [-0.2, 0) is 9.53 Å². The average Bonchev–Trinajstić information content (AvgIpc) is 2.83. The van der Waals surface area contributed by atoms with E-state index in [0.29, 0.717) is 20.7 Å². The number of carbonyl (C=O) groups is 1. The molecule has 0 radical (unpaired) electrons. The second-order valence-corrected chi connectivity index (χ2v) is 7.45. The fourth-order valence-electron chi connectivity index (χ4n) is 5.00. The van der Waals surface area contributed by atoms with Crippen molar-refractivity contribution in [1.82, 2.24) is 0 Å². The van der Waals surface area contributed by atoms with Gasteiger partial charge < -0.3 is 4.74 Å². The van der Waals surface area contributed by atoms with Crippen LogP contribution in [0.25, 0.3) is 0 Å². The van der Waals surface area contributed by atoms with E-state index in [2.05, 4.69) is 22.6 Å². The number of ether oxygens (including phenoxy) is 1. The van der Waals surface area contributed by atoms with Crippen LogP contribution in [0.3, 0.4) is 0 Å². The molecule has 4 aliphatic rings. The molecular weight excluding hydrogens is 303 g/mol. The third kappa shape index (κ3) is 0.839. The van der Waals surface area contributed by atoms with E-state index in [0.717, 1.165) is 0 Å². The standard InChI is InChI=1S/C12H15IO2/c13-7-5-11-3-1-2-4-12(11)6-8(7)15-10(14)9(11)12/h7-9H,1-6H2/t7-,8-,9-,11-,12+/m0/s1. The molecule has 1 saturated heterocycles. The van der Waals surface area contributed by atoms with Crippen molar-refractivity contribution in [2.75, 3.05) is 0 Å². The fourth-order valence-corrected chi connectivity index (χ4v) is 6.19. The van der Waals surface area contributed by atoms with E-state index < -0.39 is 0 Å². The third-order valence-electron chi connectivity index (χ3n) is 5.54. The second-order valence-electron chi connectivity index (χ2n) is 5.85. The van der Waals surface area contributed by atoms with Gasteiger partial charge in [0.2, 0.25) is 0 Å². The van der Waals surface area contributed by atoms with Crippen LogP contribution in [0, 0.1) is 16.7 Å². The summed E-state index contributed by atoms with van der Waals surface area (Å²) in [4.78, 5) is 12.0. The zero-order valence-corrected chi connectivity index (χ0v) is 10.8. The minimum absolute atomic E-state index is 0.146. The SMILES string of the molecule is O=C1O[C@H]2C[C@@]34CCCC[C@]3(C[C@@H]2I)[C@H]14. The lowest BCUT2D eigenvalue weighted by atomic mass is 9.70. The molecule has 0 unspecified atom stereocenters. The number of fused-ring (bicyclic) bond motifs is 1. The third-order valence-corrected chi connectivity index (χ3v) is 6.78. The van der Waals surface area contributed by atoms with Crippen LogP contribution in [-0.4, -0.2) is 16.0 Å². The maximum atomic E-state index is 12.0. The monoisotopic (exact) mass is 318 g/mol. The van der Waals surface area contributed by atoms with Crippen LogP contribution < -0.4 is 0 Å². The molecule has 0 aromatic rings. The van der Waals surface area contributed by atoms with Gasteiger partial charge >= 0.3 is 5.97 Å². The van der Waals surface area contributed by atoms with Gasteiger partial charge in [-0.25, -0.2) is 0 Å². The van der Waals surface area contributed by atoms with E-state index in [9.17, 15) is 4.79 Å². The molecular formula is C12H15IO2. The van der Waals surface area contributed by atoms with Gasteiger partial charge in [-0.15, -0.1) is 0 Å². The highest BCUT2D eigenvalue weighted by Crippen LogP contribution is 2.83. The summed E-state index contributed by atoms with van der Waals surface area (Å²) < 4.78 is 6.15. The Morgan fingerprint density at radius 1 is 1.20 bits per heavy atom. The molecule has 4 fully saturated rings. The van der Waals surface area contributed by atoms with Crippen LogP contribution in [0.1, 0.15) is 38.5 Å². The maximum absolute atomic E-state index is 12.0. The molecule has 2 nitrogen and oxygen atoms in total. The van der Waals surface area contributed by atoms with E-state index in [4.69, 9.17) is 4.74 Å². The van der Waals surface area contributed by atoms with Gasteiger partial charge in [0.15, 0.2) is 0 Å². The Labute approximate surface area is 103 Å². The molecule has 0 aromatic carbocycles. The quantitative estimate of drug-likeness (QED) is 0.390. The molecule has 3 saturated carbocycles. The van der Waals surface area contributed by atoms with Crippen molar-refractivity contribution in [1.29, 1.82) is 0 Å². The van der Waals surface area contributed by atoms with Gasteiger partial charge in [-0.05, 0) is 36.5 Å². The first-order valence-electron chi connectivity index (χ1n) is 6.04. The van der Waals surface area contributed by atoms with Crippen LogP contribution in [0.5, 0.6) is 0 Å². The topological polar surface area (TPSA) is 26.3 Å². The molecule has 1 heterocycles. The Balaban J connectivity index is 1.84. The van der Waals surface area contributed by atoms with Gasteiger partial charge in [-0.2, -0.15) is 0 Å². The van der Waals surface area contributed by atoms with Crippen molar-refractivity contribution in [3.05, 3.63) is 0 Å². The highest BCUT2D eigenvalue weighted by molar-refractivity contribution is 14.1. The summed E-state index contributed by atoms with van der Waals surface area (Å²) in [5.41, 5.74) is 0.800. The van der Waals surface area contributed by atoms with Gasteiger partial charge in [-0.1, -0.05) is 35.4 Å². The zero-order chi connectivity index (χ0) is 10.3. The molecule has 0 N–H and O–H groups in total. The highest BCUT2D eigenvalue weighted by atomic mass is 127. The molecule has 1 aliphatic heterocycles. The van der Waals surface area contributed by atoms with Crippen LogP contribution in [0.2, 0.25) is 0 Å². The van der Waals surface area contributed by atoms with Gasteiger partial charge in [0, 0.05) is 3.92 Å². The Morgan fingerprint density at radius 2 is 1.87 bits per heavy atom. The van der Waals surface area contributed by atoms with E-state index in [1.807, 2.05) is 0 Å². The van der Waals surface area contributed by atoms with Crippen LogP contribution >= 0.6 is 22.6 Å². The smallest absolute Gasteiger partial charge is 0.310 e.